The Kier molecular flexibility index (Phi) is 6.95. The number of carbonyl (C=O) groups excluding carboxylic acids is 3. The second kappa shape index (κ2) is 10.0. The van der Waals surface area contributed by atoms with Crippen LogP contribution in [0.2, 0.25) is 0 Å². The molecule has 1 saturated heterocycles. The Morgan fingerprint density at radius 1 is 1.08 bits per heavy atom. The smallest absolute Gasteiger partial charge is 0.332 e. The molecule has 11 heteroatoms. The minimum atomic E-state index is -3.89. The number of nitrogens with zero attached hydrogens (tertiary/aromatic N) is 3. The van der Waals surface area contributed by atoms with Gasteiger partial charge in [0, 0.05) is 38.3 Å². The van der Waals surface area contributed by atoms with E-state index in [1.54, 1.807) is 24.1 Å². The van der Waals surface area contributed by atoms with Crippen LogP contribution < -0.4 is 10.0 Å². The highest BCUT2D eigenvalue weighted by Gasteiger charge is 2.43. The van der Waals surface area contributed by atoms with Crippen molar-refractivity contribution in [1.82, 2.24) is 24.1 Å². The summed E-state index contributed by atoms with van der Waals surface area (Å²) in [6, 6.07) is 6.39. The lowest BCUT2D eigenvalue weighted by Gasteiger charge is -2.34. The summed E-state index contributed by atoms with van der Waals surface area (Å²) in [5.41, 5.74) is 1.41. The van der Waals surface area contributed by atoms with Gasteiger partial charge in [0.05, 0.1) is 6.54 Å². The Morgan fingerprint density at radius 3 is 2.50 bits per heavy atom. The van der Waals surface area contributed by atoms with Gasteiger partial charge in [0.1, 0.15) is 0 Å². The van der Waals surface area contributed by atoms with E-state index < -0.39 is 22.3 Å². The average Bonchev–Trinajstić information content (AvgIpc) is 3.59. The average molecular weight is 518 g/mol. The lowest BCUT2D eigenvalue weighted by atomic mass is 9.94. The zero-order chi connectivity index (χ0) is 25.4. The summed E-state index contributed by atoms with van der Waals surface area (Å²) in [6.45, 7) is 1.36. The van der Waals surface area contributed by atoms with E-state index in [-0.39, 0.29) is 24.4 Å². The zero-order valence-electron chi connectivity index (χ0n) is 20.7. The third-order valence-corrected chi connectivity index (χ3v) is 10.0. The van der Waals surface area contributed by atoms with Gasteiger partial charge in [-0.25, -0.2) is 14.3 Å². The Morgan fingerprint density at radius 2 is 1.83 bits per heavy atom. The van der Waals surface area contributed by atoms with E-state index >= 15 is 0 Å². The van der Waals surface area contributed by atoms with Crippen LogP contribution >= 0.6 is 0 Å². The van der Waals surface area contributed by atoms with Crippen LogP contribution in [0.1, 0.15) is 60.9 Å². The number of imide groups is 1. The molecule has 0 spiro atoms. The van der Waals surface area contributed by atoms with Gasteiger partial charge in [-0.1, -0.05) is 24.6 Å². The van der Waals surface area contributed by atoms with E-state index in [1.165, 1.54) is 15.6 Å². The molecule has 0 radical (unpaired) electrons. The molecule has 2 heterocycles. The fourth-order valence-corrected chi connectivity index (χ4v) is 7.60. The van der Waals surface area contributed by atoms with Crippen LogP contribution in [0.3, 0.4) is 0 Å². The molecule has 5 rings (SSSR count). The maximum atomic E-state index is 12.8. The topological polar surface area (TPSA) is 119 Å². The number of nitrogens with one attached hydrogen (secondary N) is 2. The summed E-state index contributed by atoms with van der Waals surface area (Å²) in [5.74, 6) is 1.14. The summed E-state index contributed by atoms with van der Waals surface area (Å²) in [4.78, 5) is 40.4. The third-order valence-electron chi connectivity index (χ3n) is 8.54. The van der Waals surface area contributed by atoms with Crippen LogP contribution in [-0.4, -0.2) is 73.2 Å². The van der Waals surface area contributed by atoms with Crippen molar-refractivity contribution in [3.63, 3.8) is 0 Å². The van der Waals surface area contributed by atoms with Crippen molar-refractivity contribution >= 4 is 28.2 Å². The minimum Gasteiger partial charge on any atom is -0.338 e. The van der Waals surface area contributed by atoms with Gasteiger partial charge in [-0.05, 0) is 67.9 Å². The molecule has 5 amide bonds. The lowest BCUT2D eigenvalue weighted by Crippen LogP contribution is -2.52. The van der Waals surface area contributed by atoms with Crippen LogP contribution in [0.25, 0.3) is 0 Å². The molecule has 2 N–H and O–H groups in total. The first-order valence-corrected chi connectivity index (χ1v) is 14.4. The van der Waals surface area contributed by atoms with Crippen molar-refractivity contribution < 1.29 is 22.8 Å². The van der Waals surface area contributed by atoms with Crippen molar-refractivity contribution in [3.05, 3.63) is 35.4 Å². The summed E-state index contributed by atoms with van der Waals surface area (Å²) in [5, 5.41) is 2.83. The van der Waals surface area contributed by atoms with Gasteiger partial charge in [-0.2, -0.15) is 12.7 Å². The Hall–Kier alpha value is -2.66. The molecule has 3 fully saturated rings. The van der Waals surface area contributed by atoms with Crippen molar-refractivity contribution in [2.75, 3.05) is 26.7 Å². The van der Waals surface area contributed by atoms with Crippen LogP contribution in [-0.2, 0) is 16.8 Å². The Bertz CT molecular complexity index is 1130. The van der Waals surface area contributed by atoms with Gasteiger partial charge in [-0.3, -0.25) is 9.69 Å². The first-order chi connectivity index (χ1) is 17.2. The maximum Gasteiger partial charge on any atom is 0.332 e. The first kappa shape index (κ1) is 25.0. The van der Waals surface area contributed by atoms with Gasteiger partial charge < -0.3 is 10.2 Å². The molecule has 3 atom stereocenters. The normalized spacial score (nSPS) is 26.2. The molecule has 10 nitrogen and oxygen atoms in total. The van der Waals surface area contributed by atoms with E-state index in [4.69, 9.17) is 0 Å². The fourth-order valence-electron chi connectivity index (χ4n) is 6.42. The summed E-state index contributed by atoms with van der Waals surface area (Å²) in [6.07, 6.45) is 6.46. The number of piperidine rings is 1. The van der Waals surface area contributed by atoms with E-state index in [1.807, 2.05) is 12.1 Å². The molecule has 2 saturated carbocycles. The number of carbonyl (C=O) groups is 3. The second-order valence-corrected chi connectivity index (χ2v) is 12.3. The minimum absolute atomic E-state index is 0.130. The molecular formula is C25H35N5O5S. The molecule has 36 heavy (non-hydrogen) atoms. The van der Waals surface area contributed by atoms with Crippen LogP contribution in [0.4, 0.5) is 9.59 Å². The highest BCUT2D eigenvalue weighted by Crippen LogP contribution is 2.46. The molecule has 1 aromatic carbocycles. The number of hydrogen-bond acceptors (Lipinski definition) is 5. The Balaban J connectivity index is 1.03. The summed E-state index contributed by atoms with van der Waals surface area (Å²) in [7, 11) is -2.19. The number of benzene rings is 1. The van der Waals surface area contributed by atoms with E-state index in [2.05, 4.69) is 10.0 Å². The van der Waals surface area contributed by atoms with Crippen LogP contribution in [0.5, 0.6) is 0 Å². The highest BCUT2D eigenvalue weighted by atomic mass is 32.2. The monoisotopic (exact) mass is 517 g/mol. The number of fused-ring (bicyclic) bond motifs is 3. The van der Waals surface area contributed by atoms with Crippen LogP contribution in [0, 0.1) is 17.8 Å². The number of rotatable bonds is 6. The van der Waals surface area contributed by atoms with Gasteiger partial charge in [0.15, 0.2) is 0 Å². The Labute approximate surface area is 212 Å². The van der Waals surface area contributed by atoms with E-state index in [9.17, 15) is 22.8 Å². The van der Waals surface area contributed by atoms with E-state index in [0.29, 0.717) is 56.3 Å². The molecule has 196 valence electrons. The van der Waals surface area contributed by atoms with Gasteiger partial charge in [0.25, 0.3) is 5.91 Å². The largest absolute Gasteiger partial charge is 0.338 e. The number of urea groups is 2. The van der Waals surface area contributed by atoms with Crippen molar-refractivity contribution in [1.29, 1.82) is 0 Å². The number of hydrogen-bond donors (Lipinski definition) is 2. The maximum absolute atomic E-state index is 12.8. The van der Waals surface area contributed by atoms with Gasteiger partial charge in [0.2, 0.25) is 0 Å². The summed E-state index contributed by atoms with van der Waals surface area (Å²) < 4.78 is 29.3. The van der Waals surface area contributed by atoms with Gasteiger partial charge in [-0.15, -0.1) is 0 Å². The van der Waals surface area contributed by atoms with Gasteiger partial charge >= 0.3 is 22.3 Å². The molecule has 2 aliphatic heterocycles. The second-order valence-electron chi connectivity index (χ2n) is 10.7. The molecule has 1 aromatic rings. The molecule has 2 aliphatic carbocycles. The molecule has 4 aliphatic rings. The summed E-state index contributed by atoms with van der Waals surface area (Å²) >= 11 is 0. The standard InChI is InChI=1S/C25H35N5O5S/c1-28(22-15-18-6-7-19(22)14-18)25(33)27-36(34,35)29-12-9-17(10-13-29)8-11-26-24(32)30-16-20-4-2-3-5-21(20)23(30)31/h2-5,17-19,22H,6-16H2,1H3,(H,26,32)(H,27,33). The molecular weight excluding hydrogens is 482 g/mol. The molecule has 3 unspecified atom stereocenters. The van der Waals surface area contributed by atoms with E-state index in [0.717, 1.165) is 24.8 Å². The number of amides is 5. The van der Waals surface area contributed by atoms with Crippen LogP contribution in [0.15, 0.2) is 24.3 Å². The highest BCUT2D eigenvalue weighted by molar-refractivity contribution is 7.87. The van der Waals surface area contributed by atoms with Crippen molar-refractivity contribution in [3.8, 4) is 0 Å². The van der Waals surface area contributed by atoms with Crippen molar-refractivity contribution in [2.24, 2.45) is 17.8 Å². The third kappa shape index (κ3) is 4.95. The molecule has 0 aromatic heterocycles. The predicted molar refractivity (Wildman–Crippen MR) is 133 cm³/mol. The zero-order valence-corrected chi connectivity index (χ0v) is 21.5. The SMILES string of the molecule is CN(C(=O)NS(=O)(=O)N1CCC(CCNC(=O)N2Cc3ccccc3C2=O)CC1)C1CC2CCC1C2. The lowest BCUT2D eigenvalue weighted by molar-refractivity contribution is 0.0820. The fraction of sp³-hybridized carbons (Fsp3) is 0.640. The first-order valence-electron chi connectivity index (χ1n) is 12.9. The predicted octanol–water partition coefficient (Wildman–Crippen LogP) is 2.53. The molecule has 2 bridgehead atoms. The quantitative estimate of drug-likeness (QED) is 0.601. The van der Waals surface area contributed by atoms with Crippen molar-refractivity contribution in [2.45, 2.75) is 57.5 Å².